The highest BCUT2D eigenvalue weighted by Crippen LogP contribution is 2.28. The fraction of sp³-hybridized carbons (Fsp3) is 0.714. The molecule has 1 amide bonds. The first kappa shape index (κ1) is 14.8. The SMILES string of the molecule is Cc1nc(C2CN(C(=O)OC(C)(C)C)CC2O)cn1C. The summed E-state index contributed by atoms with van der Waals surface area (Å²) in [4.78, 5) is 18.0. The number of aliphatic hydroxyl groups is 1. The highest BCUT2D eigenvalue weighted by molar-refractivity contribution is 5.68. The lowest BCUT2D eigenvalue weighted by molar-refractivity contribution is 0.0270. The first-order chi connectivity index (χ1) is 9.17. The van der Waals surface area contributed by atoms with Gasteiger partial charge in [0.2, 0.25) is 0 Å². The molecule has 0 bridgehead atoms. The van der Waals surface area contributed by atoms with Crippen molar-refractivity contribution in [3.63, 3.8) is 0 Å². The number of rotatable bonds is 1. The predicted octanol–water partition coefficient (Wildman–Crippen LogP) is 1.42. The van der Waals surface area contributed by atoms with Gasteiger partial charge in [-0.3, -0.25) is 0 Å². The molecule has 0 aromatic carbocycles. The van der Waals surface area contributed by atoms with Crippen molar-refractivity contribution >= 4 is 6.09 Å². The van der Waals surface area contributed by atoms with Crippen molar-refractivity contribution < 1.29 is 14.6 Å². The maximum atomic E-state index is 12.0. The minimum absolute atomic E-state index is 0.151. The summed E-state index contributed by atoms with van der Waals surface area (Å²) in [5.74, 6) is 0.741. The summed E-state index contributed by atoms with van der Waals surface area (Å²) in [5, 5.41) is 10.2. The molecule has 1 aliphatic rings. The van der Waals surface area contributed by atoms with Gasteiger partial charge in [-0.2, -0.15) is 0 Å². The molecule has 1 saturated heterocycles. The molecule has 6 nitrogen and oxygen atoms in total. The lowest BCUT2D eigenvalue weighted by Gasteiger charge is -2.24. The first-order valence-corrected chi connectivity index (χ1v) is 6.83. The first-order valence-electron chi connectivity index (χ1n) is 6.83. The second kappa shape index (κ2) is 5.09. The number of aryl methyl sites for hydroxylation is 2. The van der Waals surface area contributed by atoms with Gasteiger partial charge in [-0.1, -0.05) is 0 Å². The number of likely N-dealkylation sites (tertiary alicyclic amines) is 1. The van der Waals surface area contributed by atoms with Gasteiger partial charge >= 0.3 is 6.09 Å². The van der Waals surface area contributed by atoms with Crippen molar-refractivity contribution in [2.24, 2.45) is 7.05 Å². The van der Waals surface area contributed by atoms with Crippen LogP contribution in [0.3, 0.4) is 0 Å². The van der Waals surface area contributed by atoms with E-state index in [1.54, 1.807) is 4.90 Å². The molecule has 1 aliphatic heterocycles. The monoisotopic (exact) mass is 281 g/mol. The van der Waals surface area contributed by atoms with Crippen molar-refractivity contribution in [1.29, 1.82) is 0 Å². The maximum absolute atomic E-state index is 12.0. The fourth-order valence-corrected chi connectivity index (χ4v) is 2.32. The van der Waals surface area contributed by atoms with Gasteiger partial charge in [-0.25, -0.2) is 9.78 Å². The van der Waals surface area contributed by atoms with E-state index in [9.17, 15) is 9.90 Å². The van der Waals surface area contributed by atoms with Crippen molar-refractivity contribution in [3.8, 4) is 0 Å². The van der Waals surface area contributed by atoms with Crippen LogP contribution in [0.25, 0.3) is 0 Å². The molecule has 1 N–H and O–H groups in total. The van der Waals surface area contributed by atoms with Gasteiger partial charge in [0.1, 0.15) is 11.4 Å². The number of carbonyl (C=O) groups excluding carboxylic acids is 1. The van der Waals surface area contributed by atoms with Crippen LogP contribution in [0.4, 0.5) is 4.79 Å². The van der Waals surface area contributed by atoms with Crippen LogP contribution in [0.15, 0.2) is 6.20 Å². The van der Waals surface area contributed by atoms with Crippen LogP contribution in [0.1, 0.15) is 38.2 Å². The van der Waals surface area contributed by atoms with E-state index >= 15 is 0 Å². The number of hydrogen-bond acceptors (Lipinski definition) is 4. The van der Waals surface area contributed by atoms with Crippen LogP contribution >= 0.6 is 0 Å². The van der Waals surface area contributed by atoms with Gasteiger partial charge in [-0.15, -0.1) is 0 Å². The summed E-state index contributed by atoms with van der Waals surface area (Å²) in [6.45, 7) is 8.13. The number of amides is 1. The minimum atomic E-state index is -0.600. The Balaban J connectivity index is 2.07. The zero-order valence-electron chi connectivity index (χ0n) is 12.8. The highest BCUT2D eigenvalue weighted by Gasteiger charge is 2.38. The Kier molecular flexibility index (Phi) is 3.77. The van der Waals surface area contributed by atoms with E-state index in [4.69, 9.17) is 4.74 Å². The van der Waals surface area contributed by atoms with Crippen molar-refractivity contribution in [1.82, 2.24) is 14.5 Å². The highest BCUT2D eigenvalue weighted by atomic mass is 16.6. The molecule has 2 unspecified atom stereocenters. The lowest BCUT2D eigenvalue weighted by atomic mass is 10.0. The molecule has 0 aliphatic carbocycles. The number of imidazole rings is 1. The number of ether oxygens (including phenoxy) is 1. The van der Waals surface area contributed by atoms with Crippen LogP contribution in [0.5, 0.6) is 0 Å². The van der Waals surface area contributed by atoms with E-state index in [2.05, 4.69) is 4.98 Å². The molecule has 6 heteroatoms. The quantitative estimate of drug-likeness (QED) is 0.845. The van der Waals surface area contributed by atoms with Crippen LogP contribution in [0, 0.1) is 6.92 Å². The number of hydrogen-bond donors (Lipinski definition) is 1. The van der Waals surface area contributed by atoms with Crippen LogP contribution in [0.2, 0.25) is 0 Å². The minimum Gasteiger partial charge on any atom is -0.444 e. The topological polar surface area (TPSA) is 67.6 Å². The number of carbonyl (C=O) groups is 1. The largest absolute Gasteiger partial charge is 0.444 e. The number of aliphatic hydroxyl groups excluding tert-OH is 1. The Morgan fingerprint density at radius 2 is 2.10 bits per heavy atom. The van der Waals surface area contributed by atoms with E-state index in [-0.39, 0.29) is 18.6 Å². The Morgan fingerprint density at radius 3 is 2.60 bits per heavy atom. The third-order valence-electron chi connectivity index (χ3n) is 3.45. The molecule has 0 spiro atoms. The smallest absolute Gasteiger partial charge is 0.410 e. The maximum Gasteiger partial charge on any atom is 0.410 e. The Bertz CT molecular complexity index is 485. The van der Waals surface area contributed by atoms with Gasteiger partial charge in [0.15, 0.2) is 0 Å². The summed E-state index contributed by atoms with van der Waals surface area (Å²) in [6, 6.07) is 0. The summed E-state index contributed by atoms with van der Waals surface area (Å²) in [7, 11) is 1.92. The standard InChI is InChI=1S/C14H23N3O3/c1-9-15-11(7-16(9)5)10-6-17(8-12(10)18)13(19)20-14(2,3)4/h7,10,12,18H,6,8H2,1-5H3. The van der Waals surface area contributed by atoms with Crippen molar-refractivity contribution in [3.05, 3.63) is 17.7 Å². The molecule has 1 fully saturated rings. The molecule has 20 heavy (non-hydrogen) atoms. The molecule has 2 heterocycles. The molecule has 0 radical (unpaired) electrons. The van der Waals surface area contributed by atoms with Gasteiger partial charge in [0, 0.05) is 25.7 Å². The average Bonchev–Trinajstić information content (AvgIpc) is 2.81. The molecular weight excluding hydrogens is 258 g/mol. The van der Waals surface area contributed by atoms with Crippen molar-refractivity contribution in [2.75, 3.05) is 13.1 Å². The molecule has 1 aromatic heterocycles. The van der Waals surface area contributed by atoms with E-state index in [0.717, 1.165) is 11.5 Å². The molecular formula is C14H23N3O3. The molecule has 112 valence electrons. The third-order valence-corrected chi connectivity index (χ3v) is 3.45. The van der Waals surface area contributed by atoms with Gasteiger partial charge in [0.25, 0.3) is 0 Å². The van der Waals surface area contributed by atoms with Gasteiger partial charge in [-0.05, 0) is 27.7 Å². The zero-order valence-corrected chi connectivity index (χ0v) is 12.8. The third kappa shape index (κ3) is 3.12. The van der Waals surface area contributed by atoms with Crippen molar-refractivity contribution in [2.45, 2.75) is 45.3 Å². The molecule has 0 saturated carbocycles. The van der Waals surface area contributed by atoms with Crippen LogP contribution in [-0.2, 0) is 11.8 Å². The summed E-state index contributed by atoms with van der Waals surface area (Å²) >= 11 is 0. The zero-order chi connectivity index (χ0) is 15.1. The predicted molar refractivity (Wildman–Crippen MR) is 74.5 cm³/mol. The van der Waals surface area contributed by atoms with E-state index in [1.807, 2.05) is 45.5 Å². The van der Waals surface area contributed by atoms with Crippen LogP contribution in [-0.4, -0.2) is 50.4 Å². The Morgan fingerprint density at radius 1 is 1.45 bits per heavy atom. The summed E-state index contributed by atoms with van der Waals surface area (Å²) in [5.41, 5.74) is 0.297. The summed E-state index contributed by atoms with van der Waals surface area (Å²) < 4.78 is 7.25. The second-order valence-electron chi connectivity index (χ2n) is 6.38. The molecule has 1 aromatic rings. The molecule has 2 atom stereocenters. The Hall–Kier alpha value is -1.56. The van der Waals surface area contributed by atoms with Gasteiger partial charge < -0.3 is 19.3 Å². The van der Waals surface area contributed by atoms with Gasteiger partial charge in [0.05, 0.1) is 18.3 Å². The fourth-order valence-electron chi connectivity index (χ4n) is 2.32. The second-order valence-corrected chi connectivity index (χ2v) is 6.38. The average molecular weight is 281 g/mol. The van der Waals surface area contributed by atoms with E-state index < -0.39 is 11.7 Å². The normalized spacial score (nSPS) is 23.2. The summed E-state index contributed by atoms with van der Waals surface area (Å²) in [6.07, 6.45) is 0.922. The lowest BCUT2D eigenvalue weighted by Crippen LogP contribution is -2.35. The Labute approximate surface area is 119 Å². The number of β-amino-alcohol motifs (C(OH)–C–C–N with tert-alkyl or cyclic N) is 1. The van der Waals surface area contributed by atoms with E-state index in [0.29, 0.717) is 6.54 Å². The number of aromatic nitrogens is 2. The number of nitrogens with zero attached hydrogens (tertiary/aromatic N) is 3. The van der Waals surface area contributed by atoms with Crippen LogP contribution < -0.4 is 0 Å². The van der Waals surface area contributed by atoms with E-state index in [1.165, 1.54) is 0 Å². The molecule has 2 rings (SSSR count).